The number of H-pyrrole nitrogens is 1. The van der Waals surface area contributed by atoms with Crippen LogP contribution >= 0.6 is 0 Å². The molecule has 30 heavy (non-hydrogen) atoms. The lowest BCUT2D eigenvalue weighted by molar-refractivity contribution is -0.128. The van der Waals surface area contributed by atoms with Crippen molar-refractivity contribution >= 4 is 16.8 Å². The number of methoxy groups -OCH3 is 1. The van der Waals surface area contributed by atoms with Gasteiger partial charge < -0.3 is 15.0 Å². The fourth-order valence-corrected chi connectivity index (χ4v) is 4.46. The van der Waals surface area contributed by atoms with Crippen LogP contribution in [0.15, 0.2) is 36.4 Å². The third-order valence-electron chi connectivity index (χ3n) is 6.28. The van der Waals surface area contributed by atoms with Crippen molar-refractivity contribution in [2.75, 3.05) is 7.11 Å². The first-order chi connectivity index (χ1) is 14.4. The predicted molar refractivity (Wildman–Crippen MR) is 106 cm³/mol. The molecule has 0 saturated heterocycles. The lowest BCUT2D eigenvalue weighted by atomic mass is 9.70. The number of aromatic nitrogens is 1. The molecule has 1 amide bonds. The predicted octanol–water partition coefficient (Wildman–Crippen LogP) is 4.65. The first kappa shape index (κ1) is 19.2. The van der Waals surface area contributed by atoms with Crippen LogP contribution in [0.4, 0.5) is 13.2 Å². The summed E-state index contributed by atoms with van der Waals surface area (Å²) >= 11 is 0. The van der Waals surface area contributed by atoms with Crippen LogP contribution in [0.1, 0.15) is 30.7 Å². The van der Waals surface area contributed by atoms with Crippen molar-refractivity contribution < 1.29 is 22.7 Å². The summed E-state index contributed by atoms with van der Waals surface area (Å²) in [5, 5.41) is 3.47. The topological polar surface area (TPSA) is 54.1 Å². The first-order valence-electron chi connectivity index (χ1n) is 10.0. The lowest BCUT2D eigenvalue weighted by Crippen LogP contribution is -2.39. The number of hydrogen-bond donors (Lipinski definition) is 2. The number of fused-ring (bicyclic) bond motifs is 1. The van der Waals surface area contributed by atoms with E-state index in [0.717, 1.165) is 18.1 Å². The number of amides is 1. The summed E-state index contributed by atoms with van der Waals surface area (Å²) in [6.07, 6.45) is 2.11. The van der Waals surface area contributed by atoms with Gasteiger partial charge in [0.2, 0.25) is 5.91 Å². The zero-order valence-corrected chi connectivity index (χ0v) is 16.3. The number of nitrogens with one attached hydrogen (secondary N) is 2. The summed E-state index contributed by atoms with van der Waals surface area (Å²) < 4.78 is 47.0. The Morgan fingerprint density at radius 3 is 2.47 bits per heavy atom. The van der Waals surface area contributed by atoms with Gasteiger partial charge in [-0.2, -0.15) is 0 Å². The highest BCUT2D eigenvalue weighted by molar-refractivity contribution is 5.92. The Bertz CT molecular complexity index is 1120. The number of benzene rings is 2. The van der Waals surface area contributed by atoms with Gasteiger partial charge in [-0.1, -0.05) is 0 Å². The van der Waals surface area contributed by atoms with Gasteiger partial charge in [-0.3, -0.25) is 4.79 Å². The SMILES string of the molecule is COC1CC1NC(=O)C1CC(c2c(-c3ccc(F)cc3)[nH]c3c(F)cc(F)cc23)C1. The Labute approximate surface area is 171 Å². The zero-order valence-electron chi connectivity index (χ0n) is 16.3. The van der Waals surface area contributed by atoms with Gasteiger partial charge in [0.1, 0.15) is 17.5 Å². The van der Waals surface area contributed by atoms with Gasteiger partial charge in [0, 0.05) is 24.5 Å². The lowest BCUT2D eigenvalue weighted by Gasteiger charge is -2.35. The quantitative estimate of drug-likeness (QED) is 0.639. The van der Waals surface area contributed by atoms with Gasteiger partial charge in [0.15, 0.2) is 0 Å². The van der Waals surface area contributed by atoms with Crippen molar-refractivity contribution in [3.63, 3.8) is 0 Å². The van der Waals surface area contributed by atoms with Crippen molar-refractivity contribution in [1.29, 1.82) is 0 Å². The van der Waals surface area contributed by atoms with Crippen LogP contribution in [-0.4, -0.2) is 30.1 Å². The van der Waals surface area contributed by atoms with Crippen LogP contribution in [0.2, 0.25) is 0 Å². The van der Waals surface area contributed by atoms with Crippen LogP contribution in [0.5, 0.6) is 0 Å². The second kappa shape index (κ2) is 7.16. The van der Waals surface area contributed by atoms with Gasteiger partial charge in [-0.25, -0.2) is 13.2 Å². The molecule has 1 aromatic heterocycles. The first-order valence-corrected chi connectivity index (χ1v) is 10.0. The second-order valence-electron chi connectivity index (χ2n) is 8.22. The molecule has 1 heterocycles. The molecule has 2 saturated carbocycles. The zero-order chi connectivity index (χ0) is 21.0. The number of ether oxygens (including phenoxy) is 1. The minimum atomic E-state index is -0.674. The fraction of sp³-hybridized carbons (Fsp3) is 0.348. The summed E-state index contributed by atoms with van der Waals surface area (Å²) in [6, 6.07) is 8.12. The van der Waals surface area contributed by atoms with Crippen molar-refractivity contribution in [2.24, 2.45) is 5.92 Å². The monoisotopic (exact) mass is 414 g/mol. The van der Waals surface area contributed by atoms with Crippen LogP contribution < -0.4 is 5.32 Å². The van der Waals surface area contributed by atoms with Gasteiger partial charge in [0.05, 0.1) is 23.4 Å². The molecule has 7 heteroatoms. The Balaban J connectivity index is 1.45. The third kappa shape index (κ3) is 3.27. The average Bonchev–Trinajstić information content (AvgIpc) is 3.32. The van der Waals surface area contributed by atoms with Gasteiger partial charge >= 0.3 is 0 Å². The van der Waals surface area contributed by atoms with E-state index in [1.807, 2.05) is 0 Å². The minimum absolute atomic E-state index is 0.00339. The van der Waals surface area contributed by atoms with Crippen molar-refractivity contribution in [2.45, 2.75) is 37.3 Å². The van der Waals surface area contributed by atoms with Gasteiger partial charge in [0.25, 0.3) is 0 Å². The maximum absolute atomic E-state index is 14.4. The molecule has 2 unspecified atom stereocenters. The third-order valence-corrected chi connectivity index (χ3v) is 6.28. The van der Waals surface area contributed by atoms with Crippen molar-refractivity contribution in [1.82, 2.24) is 10.3 Å². The molecule has 5 rings (SSSR count). The number of rotatable bonds is 5. The number of hydrogen-bond acceptors (Lipinski definition) is 2. The van der Waals surface area contributed by atoms with E-state index in [0.29, 0.717) is 29.5 Å². The van der Waals surface area contributed by atoms with E-state index in [9.17, 15) is 18.0 Å². The molecule has 0 bridgehead atoms. The largest absolute Gasteiger partial charge is 0.379 e. The van der Waals surface area contributed by atoms with Gasteiger partial charge in [-0.15, -0.1) is 0 Å². The maximum Gasteiger partial charge on any atom is 0.223 e. The van der Waals surface area contributed by atoms with Gasteiger partial charge in [-0.05, 0) is 66.6 Å². The van der Waals surface area contributed by atoms with Crippen LogP contribution in [0, 0.1) is 23.4 Å². The average molecular weight is 414 g/mol. The summed E-state index contributed by atoms with van der Waals surface area (Å²) in [5.74, 6) is -1.86. The maximum atomic E-state index is 14.4. The smallest absolute Gasteiger partial charge is 0.223 e. The Morgan fingerprint density at radius 2 is 1.80 bits per heavy atom. The van der Waals surface area contributed by atoms with E-state index >= 15 is 0 Å². The summed E-state index contributed by atoms with van der Waals surface area (Å²) in [5.41, 5.74) is 2.33. The molecule has 2 aliphatic carbocycles. The van der Waals surface area contributed by atoms with Crippen molar-refractivity contribution in [3.8, 4) is 11.3 Å². The highest BCUT2D eigenvalue weighted by Gasteiger charge is 2.43. The molecule has 2 aliphatic rings. The highest BCUT2D eigenvalue weighted by Crippen LogP contribution is 2.48. The number of carbonyl (C=O) groups excluding carboxylic acids is 1. The van der Waals surface area contributed by atoms with E-state index in [1.54, 1.807) is 19.2 Å². The normalized spacial score (nSPS) is 25.2. The molecule has 2 atom stereocenters. The number of carbonyl (C=O) groups is 1. The second-order valence-corrected chi connectivity index (χ2v) is 8.22. The fourth-order valence-electron chi connectivity index (χ4n) is 4.46. The van der Waals surface area contributed by atoms with E-state index in [2.05, 4.69) is 10.3 Å². The van der Waals surface area contributed by atoms with Crippen LogP contribution in [0.3, 0.4) is 0 Å². The molecule has 4 nitrogen and oxygen atoms in total. The summed E-state index contributed by atoms with van der Waals surface area (Å²) in [7, 11) is 1.63. The molecule has 0 spiro atoms. The molecule has 0 aliphatic heterocycles. The molecule has 0 radical (unpaired) electrons. The van der Waals surface area contributed by atoms with E-state index in [4.69, 9.17) is 4.74 Å². The molecular formula is C23H21F3N2O2. The Hall–Kier alpha value is -2.80. The standard InChI is InChI=1S/C23H21F3N2O2/c1-30-19-10-18(19)27-23(29)13-6-12(7-13)20-16-8-15(25)9-17(26)22(16)28-21(20)11-2-4-14(24)5-3-11/h2-5,8-9,12-13,18-19,28H,6-7,10H2,1H3,(H,27,29). The molecule has 3 aromatic rings. The number of aromatic amines is 1. The van der Waals surface area contributed by atoms with Crippen LogP contribution in [0.25, 0.3) is 22.2 Å². The Morgan fingerprint density at radius 1 is 1.07 bits per heavy atom. The Kier molecular flexibility index (Phi) is 4.58. The molecule has 2 fully saturated rings. The molecular weight excluding hydrogens is 393 g/mol. The number of halogens is 3. The highest BCUT2D eigenvalue weighted by atomic mass is 19.1. The van der Waals surface area contributed by atoms with Crippen molar-refractivity contribution in [3.05, 3.63) is 59.4 Å². The van der Waals surface area contributed by atoms with Crippen LogP contribution in [-0.2, 0) is 9.53 Å². The van der Waals surface area contributed by atoms with E-state index < -0.39 is 11.6 Å². The summed E-state index contributed by atoms with van der Waals surface area (Å²) in [6.45, 7) is 0. The molecule has 2 aromatic carbocycles. The van der Waals surface area contributed by atoms with E-state index in [1.165, 1.54) is 18.2 Å². The molecule has 156 valence electrons. The molecule has 2 N–H and O–H groups in total. The van der Waals surface area contributed by atoms with E-state index in [-0.39, 0.29) is 41.2 Å². The summed E-state index contributed by atoms with van der Waals surface area (Å²) in [4.78, 5) is 15.5. The minimum Gasteiger partial charge on any atom is -0.379 e.